The third-order valence-electron chi connectivity index (χ3n) is 9.35. The second kappa shape index (κ2) is 11.6. The van der Waals surface area contributed by atoms with Crippen molar-refractivity contribution >= 4 is 53.4 Å². The number of aromatic nitrogens is 3. The largest absolute Gasteiger partial charge is 0.455 e. The van der Waals surface area contributed by atoms with E-state index in [1.807, 2.05) is 65.9 Å². The number of benzene rings is 7. The molecule has 0 atom stereocenters. The third kappa shape index (κ3) is 4.79. The monoisotopic (exact) mass is 657 g/mol. The number of nitrogens with zero attached hydrogens (tertiary/aromatic N) is 3. The Hall–Kier alpha value is -6.43. The fourth-order valence-corrected chi connectivity index (χ4v) is 8.08. The van der Waals surface area contributed by atoms with E-state index in [-0.39, 0.29) is 0 Å². The van der Waals surface area contributed by atoms with Crippen LogP contribution in [0.3, 0.4) is 0 Å². The summed E-state index contributed by atoms with van der Waals surface area (Å²) in [6, 6.07) is 56.8. The fraction of sp³-hybridized carbons (Fsp3) is 0. The summed E-state index contributed by atoms with van der Waals surface area (Å²) in [5.41, 5.74) is 9.00. The smallest absolute Gasteiger partial charge is 0.167 e. The van der Waals surface area contributed by atoms with Gasteiger partial charge in [-0.05, 0) is 58.7 Å². The molecule has 10 rings (SSSR count). The number of rotatable bonds is 5. The molecular weight excluding hydrogens is 631 g/mol. The molecule has 0 spiro atoms. The molecule has 3 heterocycles. The minimum absolute atomic E-state index is 0.572. The first kappa shape index (κ1) is 28.6. The van der Waals surface area contributed by atoms with Gasteiger partial charge in [0, 0.05) is 42.1 Å². The van der Waals surface area contributed by atoms with Gasteiger partial charge in [-0.25, -0.2) is 15.0 Å². The summed E-state index contributed by atoms with van der Waals surface area (Å²) in [6.07, 6.45) is 0. The lowest BCUT2D eigenvalue weighted by Crippen LogP contribution is -2.00. The van der Waals surface area contributed by atoms with E-state index in [4.69, 9.17) is 19.4 Å². The molecule has 0 amide bonds. The van der Waals surface area contributed by atoms with Crippen LogP contribution in [0, 0.1) is 0 Å². The van der Waals surface area contributed by atoms with Crippen molar-refractivity contribution in [3.63, 3.8) is 0 Å². The molecule has 0 unspecified atom stereocenters. The van der Waals surface area contributed by atoms with Crippen LogP contribution in [0.25, 0.3) is 98.5 Å². The zero-order valence-electron chi connectivity index (χ0n) is 26.7. The van der Waals surface area contributed by atoms with Crippen LogP contribution in [-0.2, 0) is 0 Å². The fourth-order valence-electron chi connectivity index (χ4n) is 6.95. The second-order valence-corrected chi connectivity index (χ2v) is 13.5. The molecule has 5 heteroatoms. The summed E-state index contributed by atoms with van der Waals surface area (Å²) in [5.74, 6) is 1.81. The number of furan rings is 1. The van der Waals surface area contributed by atoms with Crippen molar-refractivity contribution in [2.75, 3.05) is 0 Å². The van der Waals surface area contributed by atoms with Crippen molar-refractivity contribution in [1.82, 2.24) is 15.0 Å². The minimum atomic E-state index is 0.572. The van der Waals surface area contributed by atoms with Gasteiger partial charge >= 0.3 is 0 Å². The van der Waals surface area contributed by atoms with E-state index in [0.717, 1.165) is 49.8 Å². The summed E-state index contributed by atoms with van der Waals surface area (Å²) in [5, 5.41) is 4.53. The van der Waals surface area contributed by atoms with Crippen LogP contribution < -0.4 is 0 Å². The maximum Gasteiger partial charge on any atom is 0.167 e. The average Bonchev–Trinajstić information content (AvgIpc) is 3.76. The van der Waals surface area contributed by atoms with Crippen LogP contribution in [0.15, 0.2) is 168 Å². The minimum Gasteiger partial charge on any atom is -0.455 e. The van der Waals surface area contributed by atoms with E-state index in [1.165, 1.54) is 31.3 Å². The molecule has 4 nitrogen and oxygen atoms in total. The second-order valence-electron chi connectivity index (χ2n) is 12.4. The van der Waals surface area contributed by atoms with Crippen molar-refractivity contribution in [2.24, 2.45) is 0 Å². The number of hydrogen-bond acceptors (Lipinski definition) is 5. The quantitative estimate of drug-likeness (QED) is 0.185. The number of thiophene rings is 1. The zero-order chi connectivity index (χ0) is 33.0. The highest BCUT2D eigenvalue weighted by Crippen LogP contribution is 2.41. The average molecular weight is 658 g/mol. The highest BCUT2D eigenvalue weighted by Gasteiger charge is 2.20. The van der Waals surface area contributed by atoms with Crippen LogP contribution in [0.1, 0.15) is 0 Å². The van der Waals surface area contributed by atoms with E-state index < -0.39 is 0 Å². The van der Waals surface area contributed by atoms with E-state index in [2.05, 4.69) is 109 Å². The summed E-state index contributed by atoms with van der Waals surface area (Å²) in [6.45, 7) is 0. The van der Waals surface area contributed by atoms with Crippen molar-refractivity contribution in [2.45, 2.75) is 0 Å². The van der Waals surface area contributed by atoms with Gasteiger partial charge in [-0.3, -0.25) is 0 Å². The topological polar surface area (TPSA) is 51.8 Å². The first-order chi connectivity index (χ1) is 24.8. The van der Waals surface area contributed by atoms with Gasteiger partial charge in [-0.15, -0.1) is 11.3 Å². The Morgan fingerprint density at radius 1 is 0.380 bits per heavy atom. The van der Waals surface area contributed by atoms with Crippen LogP contribution >= 0.6 is 11.3 Å². The molecule has 7 aromatic carbocycles. The Morgan fingerprint density at radius 3 is 1.80 bits per heavy atom. The molecule has 0 aliphatic rings. The Kier molecular flexibility index (Phi) is 6.64. The van der Waals surface area contributed by atoms with Crippen molar-refractivity contribution in [3.05, 3.63) is 164 Å². The van der Waals surface area contributed by atoms with Crippen LogP contribution in [0.2, 0.25) is 0 Å². The molecular formula is C45H27N3OS. The Balaban J connectivity index is 1.15. The normalized spacial score (nSPS) is 11.6. The molecule has 3 aromatic heterocycles. The first-order valence-electron chi connectivity index (χ1n) is 16.6. The van der Waals surface area contributed by atoms with Gasteiger partial charge < -0.3 is 4.42 Å². The molecule has 0 saturated carbocycles. The van der Waals surface area contributed by atoms with Gasteiger partial charge in [0.05, 0.1) is 5.56 Å². The number of hydrogen-bond donors (Lipinski definition) is 0. The predicted molar refractivity (Wildman–Crippen MR) is 207 cm³/mol. The molecule has 0 aliphatic carbocycles. The SMILES string of the molecule is c1ccc(-c2ccc3c(c2)sc2ccc(-c4nc(-c5ccccc5)nc(-c5cccc6c5oc5cccc(-c7ccccc7)c56)n4)cc23)cc1. The van der Waals surface area contributed by atoms with Gasteiger partial charge in [0.1, 0.15) is 11.2 Å². The summed E-state index contributed by atoms with van der Waals surface area (Å²) in [4.78, 5) is 15.3. The number of para-hydroxylation sites is 1. The van der Waals surface area contributed by atoms with E-state index in [0.29, 0.717) is 17.5 Å². The first-order valence-corrected chi connectivity index (χ1v) is 17.4. The molecule has 10 aromatic rings. The molecule has 0 aliphatic heterocycles. The summed E-state index contributed by atoms with van der Waals surface area (Å²) >= 11 is 1.81. The predicted octanol–water partition coefficient (Wildman–Crippen LogP) is 12.5. The van der Waals surface area contributed by atoms with E-state index in [9.17, 15) is 0 Å². The summed E-state index contributed by atoms with van der Waals surface area (Å²) in [7, 11) is 0. The van der Waals surface area contributed by atoms with Crippen LogP contribution in [0.4, 0.5) is 0 Å². The Morgan fingerprint density at radius 2 is 1.02 bits per heavy atom. The van der Waals surface area contributed by atoms with Gasteiger partial charge in [0.2, 0.25) is 0 Å². The van der Waals surface area contributed by atoms with Crippen molar-refractivity contribution in [3.8, 4) is 56.4 Å². The molecule has 50 heavy (non-hydrogen) atoms. The highest BCUT2D eigenvalue weighted by atomic mass is 32.1. The lowest BCUT2D eigenvalue weighted by Gasteiger charge is -2.09. The lowest BCUT2D eigenvalue weighted by atomic mass is 9.99. The highest BCUT2D eigenvalue weighted by molar-refractivity contribution is 7.25. The molecule has 234 valence electrons. The molecule has 0 fully saturated rings. The van der Waals surface area contributed by atoms with E-state index in [1.54, 1.807) is 0 Å². The molecule has 0 saturated heterocycles. The standard InChI is InChI=1S/C45H27N3OS/c1-4-12-28(13-5-1)31-22-24-34-37-26-32(23-25-39(37)50-40(34)27-31)44-46-43(30-16-8-3-9-17-30)47-45(48-44)36-20-10-19-35-41-33(29-14-6-2-7-15-29)18-11-21-38(41)49-42(35)36/h1-27H. The van der Waals surface area contributed by atoms with Gasteiger partial charge in [-0.1, -0.05) is 127 Å². The zero-order valence-corrected chi connectivity index (χ0v) is 27.6. The molecule has 0 radical (unpaired) electrons. The third-order valence-corrected chi connectivity index (χ3v) is 10.5. The van der Waals surface area contributed by atoms with Crippen molar-refractivity contribution in [1.29, 1.82) is 0 Å². The maximum absolute atomic E-state index is 6.63. The van der Waals surface area contributed by atoms with Gasteiger partial charge in [-0.2, -0.15) is 0 Å². The lowest BCUT2D eigenvalue weighted by molar-refractivity contribution is 0.669. The number of fused-ring (bicyclic) bond motifs is 6. The van der Waals surface area contributed by atoms with Crippen molar-refractivity contribution < 1.29 is 4.42 Å². The van der Waals surface area contributed by atoms with Crippen LogP contribution in [0.5, 0.6) is 0 Å². The maximum atomic E-state index is 6.63. The Labute approximate surface area is 292 Å². The molecule has 0 N–H and O–H groups in total. The van der Waals surface area contributed by atoms with Gasteiger partial charge in [0.25, 0.3) is 0 Å². The Bertz CT molecular complexity index is 2860. The van der Waals surface area contributed by atoms with Crippen LogP contribution in [-0.4, -0.2) is 15.0 Å². The summed E-state index contributed by atoms with van der Waals surface area (Å²) < 4.78 is 9.11. The van der Waals surface area contributed by atoms with Gasteiger partial charge in [0.15, 0.2) is 17.5 Å². The molecule has 0 bridgehead atoms. The van der Waals surface area contributed by atoms with E-state index >= 15 is 0 Å².